The first-order valence-electron chi connectivity index (χ1n) is 8.76. The summed E-state index contributed by atoms with van der Waals surface area (Å²) in [5, 5.41) is 7.31. The molecule has 6 heteroatoms. The molecule has 1 heterocycles. The molecule has 0 bridgehead atoms. The number of nitrogens with zero attached hydrogens (tertiary/aromatic N) is 2. The van der Waals surface area contributed by atoms with E-state index >= 15 is 0 Å². The molecule has 0 saturated carbocycles. The Balaban J connectivity index is 1.52. The molecule has 0 aliphatic rings. The largest absolute Gasteiger partial charge is 0.497 e. The van der Waals surface area contributed by atoms with Gasteiger partial charge in [0.25, 0.3) is 0 Å². The molecule has 1 N–H and O–H groups in total. The highest BCUT2D eigenvalue weighted by atomic mass is 16.5. The molecule has 27 heavy (non-hydrogen) atoms. The number of carbonyl (C=O) groups excluding carboxylic acids is 1. The molecular formula is C21H23N3O3. The minimum absolute atomic E-state index is 0.0583. The third-order valence-corrected chi connectivity index (χ3v) is 4.23. The van der Waals surface area contributed by atoms with Crippen LogP contribution in [0.1, 0.15) is 11.1 Å². The maximum atomic E-state index is 12.3. The maximum absolute atomic E-state index is 12.3. The van der Waals surface area contributed by atoms with Crippen LogP contribution in [0.15, 0.2) is 60.9 Å². The zero-order chi connectivity index (χ0) is 19.1. The van der Waals surface area contributed by atoms with Crippen LogP contribution in [0, 0.1) is 0 Å². The third-order valence-electron chi connectivity index (χ3n) is 4.23. The average molecular weight is 365 g/mol. The summed E-state index contributed by atoms with van der Waals surface area (Å²) in [6.07, 6.45) is 4.76. The van der Waals surface area contributed by atoms with Gasteiger partial charge in [-0.3, -0.25) is 4.79 Å². The molecule has 1 aromatic heterocycles. The van der Waals surface area contributed by atoms with Crippen molar-refractivity contribution in [3.05, 3.63) is 72.1 Å². The monoisotopic (exact) mass is 365 g/mol. The van der Waals surface area contributed by atoms with Gasteiger partial charge < -0.3 is 14.8 Å². The molecular weight excluding hydrogens is 342 g/mol. The summed E-state index contributed by atoms with van der Waals surface area (Å²) in [5.41, 5.74) is 2.88. The first-order chi connectivity index (χ1) is 13.2. The molecule has 0 unspecified atom stereocenters. The van der Waals surface area contributed by atoms with Crippen molar-refractivity contribution < 1.29 is 14.3 Å². The molecule has 3 rings (SSSR count). The molecule has 0 aliphatic carbocycles. The van der Waals surface area contributed by atoms with E-state index in [4.69, 9.17) is 9.47 Å². The second kappa shape index (κ2) is 8.89. The third kappa shape index (κ3) is 4.88. The van der Waals surface area contributed by atoms with Crippen molar-refractivity contribution in [3.63, 3.8) is 0 Å². The van der Waals surface area contributed by atoms with Gasteiger partial charge in [-0.25, -0.2) is 4.68 Å². The summed E-state index contributed by atoms with van der Waals surface area (Å²) in [5.74, 6) is 1.32. The molecule has 0 fully saturated rings. The van der Waals surface area contributed by atoms with Gasteiger partial charge >= 0.3 is 0 Å². The fourth-order valence-electron chi connectivity index (χ4n) is 2.81. The van der Waals surface area contributed by atoms with E-state index in [1.165, 1.54) is 0 Å². The van der Waals surface area contributed by atoms with Gasteiger partial charge in [-0.2, -0.15) is 5.10 Å². The number of rotatable bonds is 8. The molecule has 0 radical (unpaired) electrons. The van der Waals surface area contributed by atoms with Crippen LogP contribution >= 0.6 is 0 Å². The number of para-hydroxylation sites is 1. The Labute approximate surface area is 158 Å². The van der Waals surface area contributed by atoms with Crippen molar-refractivity contribution in [2.45, 2.75) is 12.8 Å². The zero-order valence-electron chi connectivity index (χ0n) is 15.5. The van der Waals surface area contributed by atoms with Gasteiger partial charge in [0.15, 0.2) is 0 Å². The van der Waals surface area contributed by atoms with Crippen molar-refractivity contribution >= 4 is 5.91 Å². The Kier molecular flexibility index (Phi) is 6.10. The SMILES string of the molecule is COc1ccc(OC)c(CC(=O)NCCc2cnn(-c3ccccc3)c2)c1. The fourth-order valence-corrected chi connectivity index (χ4v) is 2.81. The van der Waals surface area contributed by atoms with E-state index in [0.717, 1.165) is 16.8 Å². The summed E-state index contributed by atoms with van der Waals surface area (Å²) in [7, 11) is 3.19. The lowest BCUT2D eigenvalue weighted by molar-refractivity contribution is -0.120. The number of methoxy groups -OCH3 is 2. The summed E-state index contributed by atoms with van der Waals surface area (Å²) in [4.78, 5) is 12.3. The number of hydrogen-bond acceptors (Lipinski definition) is 4. The molecule has 0 aliphatic heterocycles. The van der Waals surface area contributed by atoms with Gasteiger partial charge in [0.05, 0.1) is 32.5 Å². The van der Waals surface area contributed by atoms with Crippen LogP contribution in [0.25, 0.3) is 5.69 Å². The molecule has 0 saturated heterocycles. The number of aromatic nitrogens is 2. The van der Waals surface area contributed by atoms with Crippen LogP contribution in [-0.2, 0) is 17.6 Å². The fraction of sp³-hybridized carbons (Fsp3) is 0.238. The molecule has 0 atom stereocenters. The Morgan fingerprint density at radius 1 is 1.11 bits per heavy atom. The quantitative estimate of drug-likeness (QED) is 0.667. The van der Waals surface area contributed by atoms with E-state index in [0.29, 0.717) is 24.5 Å². The van der Waals surface area contributed by atoms with Crippen LogP contribution in [0.2, 0.25) is 0 Å². The minimum atomic E-state index is -0.0583. The second-order valence-electron chi connectivity index (χ2n) is 6.08. The minimum Gasteiger partial charge on any atom is -0.497 e. The van der Waals surface area contributed by atoms with Gasteiger partial charge in [-0.05, 0) is 42.3 Å². The predicted molar refractivity (Wildman–Crippen MR) is 104 cm³/mol. The smallest absolute Gasteiger partial charge is 0.224 e. The molecule has 140 valence electrons. The van der Waals surface area contributed by atoms with Crippen molar-refractivity contribution in [2.24, 2.45) is 0 Å². The number of nitrogens with one attached hydrogen (secondary N) is 1. The van der Waals surface area contributed by atoms with E-state index in [1.807, 2.05) is 59.5 Å². The van der Waals surface area contributed by atoms with Crippen LogP contribution in [0.5, 0.6) is 11.5 Å². The highest BCUT2D eigenvalue weighted by molar-refractivity contribution is 5.79. The Morgan fingerprint density at radius 2 is 1.93 bits per heavy atom. The topological polar surface area (TPSA) is 65.4 Å². The predicted octanol–water partition coefficient (Wildman–Crippen LogP) is 2.79. The van der Waals surface area contributed by atoms with E-state index < -0.39 is 0 Å². The van der Waals surface area contributed by atoms with Crippen LogP contribution in [-0.4, -0.2) is 36.5 Å². The average Bonchev–Trinajstić information content (AvgIpc) is 3.17. The van der Waals surface area contributed by atoms with Crippen molar-refractivity contribution in [1.82, 2.24) is 15.1 Å². The lowest BCUT2D eigenvalue weighted by Crippen LogP contribution is -2.27. The highest BCUT2D eigenvalue weighted by Gasteiger charge is 2.10. The van der Waals surface area contributed by atoms with E-state index in [9.17, 15) is 4.79 Å². The molecule has 3 aromatic rings. The van der Waals surface area contributed by atoms with E-state index in [2.05, 4.69) is 10.4 Å². The van der Waals surface area contributed by atoms with E-state index in [1.54, 1.807) is 20.3 Å². The number of benzene rings is 2. The molecule has 2 aromatic carbocycles. The van der Waals surface area contributed by atoms with Crippen molar-refractivity contribution in [3.8, 4) is 17.2 Å². The van der Waals surface area contributed by atoms with Crippen LogP contribution in [0.4, 0.5) is 0 Å². The number of amides is 1. The van der Waals surface area contributed by atoms with Gasteiger partial charge in [0.2, 0.25) is 5.91 Å². The lowest BCUT2D eigenvalue weighted by atomic mass is 10.1. The first-order valence-corrected chi connectivity index (χ1v) is 8.76. The summed E-state index contributed by atoms with van der Waals surface area (Å²) >= 11 is 0. The van der Waals surface area contributed by atoms with Crippen molar-refractivity contribution in [1.29, 1.82) is 0 Å². The van der Waals surface area contributed by atoms with E-state index in [-0.39, 0.29) is 12.3 Å². The summed E-state index contributed by atoms with van der Waals surface area (Å²) < 4.78 is 12.4. The Morgan fingerprint density at radius 3 is 2.67 bits per heavy atom. The van der Waals surface area contributed by atoms with Gasteiger partial charge in [0.1, 0.15) is 11.5 Å². The highest BCUT2D eigenvalue weighted by Crippen LogP contribution is 2.24. The van der Waals surface area contributed by atoms with Crippen molar-refractivity contribution in [2.75, 3.05) is 20.8 Å². The maximum Gasteiger partial charge on any atom is 0.224 e. The lowest BCUT2D eigenvalue weighted by Gasteiger charge is -2.10. The summed E-state index contributed by atoms with van der Waals surface area (Å²) in [6.45, 7) is 0.547. The molecule has 6 nitrogen and oxygen atoms in total. The standard InChI is InChI=1S/C21H23N3O3/c1-26-19-8-9-20(27-2)17(12-19)13-21(25)22-11-10-16-14-23-24(15-16)18-6-4-3-5-7-18/h3-9,12,14-15H,10-11,13H2,1-2H3,(H,22,25). The Hall–Kier alpha value is -3.28. The normalized spacial score (nSPS) is 10.4. The molecule has 1 amide bonds. The van der Waals surface area contributed by atoms with Gasteiger partial charge in [0, 0.05) is 18.3 Å². The molecule has 0 spiro atoms. The van der Waals surface area contributed by atoms with Crippen LogP contribution < -0.4 is 14.8 Å². The summed E-state index contributed by atoms with van der Waals surface area (Å²) in [6, 6.07) is 15.4. The number of ether oxygens (including phenoxy) is 2. The Bertz CT molecular complexity index is 891. The van der Waals surface area contributed by atoms with Gasteiger partial charge in [-0.15, -0.1) is 0 Å². The number of hydrogen-bond donors (Lipinski definition) is 1. The number of carbonyl (C=O) groups is 1. The van der Waals surface area contributed by atoms with Crippen LogP contribution in [0.3, 0.4) is 0 Å². The first kappa shape index (κ1) is 18.5. The second-order valence-corrected chi connectivity index (χ2v) is 6.08. The van der Waals surface area contributed by atoms with Gasteiger partial charge in [-0.1, -0.05) is 18.2 Å². The zero-order valence-corrected chi connectivity index (χ0v) is 15.5.